The van der Waals surface area contributed by atoms with Gasteiger partial charge in [0.15, 0.2) is 0 Å². The van der Waals surface area contributed by atoms with E-state index in [9.17, 15) is 19.2 Å². The molecule has 6 N–H and O–H groups in total. The first-order valence-corrected chi connectivity index (χ1v) is 22.4. The molecule has 4 amide bonds. The van der Waals surface area contributed by atoms with Crippen LogP contribution in [0.5, 0.6) is 23.0 Å². The van der Waals surface area contributed by atoms with Gasteiger partial charge in [0.25, 0.3) is 0 Å². The highest BCUT2D eigenvalue weighted by atomic mass is 16.6. The molecule has 18 heteroatoms. The standard InChI is InChI=1S/2C25H25N5O4/c26-20-14-18(33-19-4-3-12-27-15-19)6-7-21(20)29-23(31)17-8-10-25(11-9-17)16-30(24(32)34-25)22-5-1-2-13-28-22;26-20-7-6-18(33-19-4-3-12-27-15-19)14-21(20)29-23(31)17-8-10-25(11-9-17)16-30(24(32)34-25)22-5-1-2-13-28-22/h2*1-7,12-15,17H,8-11,16,26H2,(H,29,31). The van der Waals surface area contributed by atoms with E-state index in [0.29, 0.717) is 122 Å². The summed E-state index contributed by atoms with van der Waals surface area (Å²) in [4.78, 5) is 70.5. The number of nitrogens with two attached hydrogens (primary N) is 2. The predicted molar refractivity (Wildman–Crippen MR) is 253 cm³/mol. The van der Waals surface area contributed by atoms with Gasteiger partial charge in [-0.2, -0.15) is 0 Å². The van der Waals surface area contributed by atoms with Gasteiger partial charge >= 0.3 is 12.2 Å². The Labute approximate surface area is 392 Å². The summed E-state index contributed by atoms with van der Waals surface area (Å²) in [5, 5.41) is 5.87. The fourth-order valence-corrected chi connectivity index (χ4v) is 8.94. The SMILES string of the molecule is Nc1cc(Oc2cccnc2)ccc1NC(=O)C1CCC2(CC1)CN(c1ccccn1)C(=O)O2.Nc1ccc(Oc2cccnc2)cc1NC(=O)C1CCC2(CC1)CN(c1ccccn1)C(=O)O2. The highest BCUT2D eigenvalue weighted by molar-refractivity contribution is 5.97. The third-order valence-corrected chi connectivity index (χ3v) is 12.6. The average Bonchev–Trinajstić information content (AvgIpc) is 3.86. The van der Waals surface area contributed by atoms with Crippen molar-refractivity contribution in [2.24, 2.45) is 11.8 Å². The Kier molecular flexibility index (Phi) is 13.0. The number of nitrogen functional groups attached to an aromatic ring is 2. The van der Waals surface area contributed by atoms with Crippen molar-refractivity contribution in [1.29, 1.82) is 0 Å². The summed E-state index contributed by atoms with van der Waals surface area (Å²) in [6, 6.07) is 28.3. The van der Waals surface area contributed by atoms with E-state index in [1.807, 2.05) is 12.1 Å². The van der Waals surface area contributed by atoms with Crippen molar-refractivity contribution in [3.05, 3.63) is 134 Å². The molecular weight excluding hydrogens is 869 g/mol. The van der Waals surface area contributed by atoms with Crippen LogP contribution in [0.15, 0.2) is 134 Å². The van der Waals surface area contributed by atoms with Gasteiger partial charge in [-0.3, -0.25) is 29.4 Å². The number of benzene rings is 2. The monoisotopic (exact) mass is 918 g/mol. The smallest absolute Gasteiger partial charge is 0.416 e. The van der Waals surface area contributed by atoms with E-state index in [1.54, 1.807) is 132 Å². The Balaban J connectivity index is 0.000000170. The lowest BCUT2D eigenvalue weighted by Crippen LogP contribution is -2.41. The number of hydrogen-bond acceptors (Lipinski definition) is 14. The maximum Gasteiger partial charge on any atom is 0.416 e. The Morgan fingerprint density at radius 1 is 0.559 bits per heavy atom. The zero-order chi connectivity index (χ0) is 47.1. The molecule has 2 aliphatic carbocycles. The largest absolute Gasteiger partial charge is 0.456 e. The number of carbonyl (C=O) groups excluding carboxylic acids is 4. The van der Waals surface area contributed by atoms with Gasteiger partial charge in [-0.15, -0.1) is 0 Å². The Hall–Kier alpha value is -8.28. The van der Waals surface area contributed by atoms with Gasteiger partial charge in [-0.25, -0.2) is 19.6 Å². The number of anilines is 6. The summed E-state index contributed by atoms with van der Waals surface area (Å²) in [6.07, 6.45) is 14.0. The van der Waals surface area contributed by atoms with Gasteiger partial charge in [0.05, 0.1) is 48.2 Å². The minimum absolute atomic E-state index is 0.0895. The number of nitrogens with one attached hydrogen (secondary N) is 2. The number of ether oxygens (including phenoxy) is 4. The van der Waals surface area contributed by atoms with Crippen molar-refractivity contribution < 1.29 is 38.1 Å². The molecule has 2 aliphatic heterocycles. The van der Waals surface area contributed by atoms with E-state index in [-0.39, 0.29) is 35.8 Å². The maximum absolute atomic E-state index is 13.0. The molecule has 2 saturated heterocycles. The average molecular weight is 919 g/mol. The molecule has 4 aliphatic rings. The van der Waals surface area contributed by atoms with E-state index >= 15 is 0 Å². The second kappa shape index (κ2) is 19.7. The van der Waals surface area contributed by atoms with Gasteiger partial charge in [0, 0.05) is 48.8 Å². The van der Waals surface area contributed by atoms with Crippen LogP contribution in [-0.4, -0.2) is 68.2 Å². The summed E-state index contributed by atoms with van der Waals surface area (Å²) in [7, 11) is 0. The van der Waals surface area contributed by atoms with Gasteiger partial charge in [0.2, 0.25) is 11.8 Å². The molecule has 68 heavy (non-hydrogen) atoms. The molecule has 2 aromatic carbocycles. The molecule has 0 radical (unpaired) electrons. The molecule has 2 spiro atoms. The Morgan fingerprint density at radius 3 is 1.50 bits per heavy atom. The van der Waals surface area contributed by atoms with Crippen LogP contribution in [0.3, 0.4) is 0 Å². The van der Waals surface area contributed by atoms with Crippen molar-refractivity contribution in [2.75, 3.05) is 45.0 Å². The molecule has 6 aromatic rings. The second-order valence-corrected chi connectivity index (χ2v) is 17.3. The summed E-state index contributed by atoms with van der Waals surface area (Å²) < 4.78 is 23.1. The number of aromatic nitrogens is 4. The van der Waals surface area contributed by atoms with Gasteiger partial charge in [0.1, 0.15) is 45.8 Å². The Morgan fingerprint density at radius 2 is 1.04 bits per heavy atom. The highest BCUT2D eigenvalue weighted by Gasteiger charge is 2.50. The topological polar surface area (TPSA) is 239 Å². The fourth-order valence-electron chi connectivity index (χ4n) is 8.94. The maximum atomic E-state index is 13.0. The molecule has 0 unspecified atom stereocenters. The second-order valence-electron chi connectivity index (χ2n) is 17.3. The summed E-state index contributed by atoms with van der Waals surface area (Å²) in [5.74, 6) is 2.88. The first kappa shape index (κ1) is 44.9. The third kappa shape index (κ3) is 10.4. The van der Waals surface area contributed by atoms with E-state index < -0.39 is 11.2 Å². The quantitative estimate of drug-likeness (QED) is 0.0940. The van der Waals surface area contributed by atoms with Crippen LogP contribution in [0.2, 0.25) is 0 Å². The van der Waals surface area contributed by atoms with E-state index in [4.69, 9.17) is 30.4 Å². The van der Waals surface area contributed by atoms with Crippen LogP contribution >= 0.6 is 0 Å². The van der Waals surface area contributed by atoms with Crippen molar-refractivity contribution in [1.82, 2.24) is 19.9 Å². The van der Waals surface area contributed by atoms with Crippen molar-refractivity contribution in [3.63, 3.8) is 0 Å². The number of carbonyl (C=O) groups is 4. The van der Waals surface area contributed by atoms with E-state index in [1.165, 1.54) is 0 Å². The van der Waals surface area contributed by atoms with Crippen LogP contribution in [0, 0.1) is 11.8 Å². The molecule has 348 valence electrons. The number of nitrogens with zero attached hydrogens (tertiary/aromatic N) is 6. The summed E-state index contributed by atoms with van der Waals surface area (Å²) in [6.45, 7) is 0.889. The van der Waals surface area contributed by atoms with Gasteiger partial charge < -0.3 is 41.0 Å². The number of pyridine rings is 4. The molecule has 2 saturated carbocycles. The Bertz CT molecular complexity index is 2740. The van der Waals surface area contributed by atoms with E-state index in [2.05, 4.69) is 30.6 Å². The first-order valence-electron chi connectivity index (χ1n) is 22.4. The van der Waals surface area contributed by atoms with Crippen LogP contribution in [-0.2, 0) is 19.1 Å². The van der Waals surface area contributed by atoms with Gasteiger partial charge in [-0.05, 0) is 124 Å². The first-order chi connectivity index (χ1) is 33.0. The number of amides is 4. The molecule has 4 fully saturated rings. The summed E-state index contributed by atoms with van der Waals surface area (Å²) >= 11 is 0. The lowest BCUT2D eigenvalue weighted by atomic mass is 9.78. The minimum atomic E-state index is -0.581. The zero-order valence-electron chi connectivity index (χ0n) is 37.0. The van der Waals surface area contributed by atoms with Crippen molar-refractivity contribution in [2.45, 2.75) is 62.6 Å². The number of hydrogen-bond donors (Lipinski definition) is 4. The zero-order valence-corrected chi connectivity index (χ0v) is 37.0. The lowest BCUT2D eigenvalue weighted by Gasteiger charge is -2.34. The van der Waals surface area contributed by atoms with Crippen LogP contribution < -0.4 is 41.4 Å². The third-order valence-electron chi connectivity index (χ3n) is 12.6. The van der Waals surface area contributed by atoms with Crippen molar-refractivity contribution >= 4 is 58.4 Å². The molecule has 6 heterocycles. The summed E-state index contributed by atoms with van der Waals surface area (Å²) in [5.41, 5.74) is 13.0. The highest BCUT2D eigenvalue weighted by Crippen LogP contribution is 2.43. The normalized spacial score (nSPS) is 21.8. The molecule has 0 atom stereocenters. The van der Waals surface area contributed by atoms with Crippen LogP contribution in [0.25, 0.3) is 0 Å². The minimum Gasteiger partial charge on any atom is -0.456 e. The van der Waals surface area contributed by atoms with Crippen LogP contribution in [0.1, 0.15) is 51.4 Å². The van der Waals surface area contributed by atoms with Gasteiger partial charge in [-0.1, -0.05) is 12.1 Å². The van der Waals surface area contributed by atoms with Crippen molar-refractivity contribution in [3.8, 4) is 23.0 Å². The molecule has 18 nitrogen and oxygen atoms in total. The van der Waals surface area contributed by atoms with Crippen LogP contribution in [0.4, 0.5) is 44.0 Å². The molecule has 10 rings (SSSR count). The molecule has 4 aromatic heterocycles. The molecular formula is C50H50N10O8. The predicted octanol–water partition coefficient (Wildman–Crippen LogP) is 8.75. The molecule has 0 bridgehead atoms. The lowest BCUT2D eigenvalue weighted by molar-refractivity contribution is -0.123. The number of rotatable bonds is 10. The fraction of sp³-hybridized carbons (Fsp3) is 0.280. The van der Waals surface area contributed by atoms with E-state index in [0.717, 1.165) is 0 Å².